The van der Waals surface area contributed by atoms with Gasteiger partial charge in [0.15, 0.2) is 0 Å². The van der Waals surface area contributed by atoms with Gasteiger partial charge in [-0.15, -0.1) is 0 Å². The Morgan fingerprint density at radius 2 is 1.79 bits per heavy atom. The zero-order valence-corrected chi connectivity index (χ0v) is 18.0. The van der Waals surface area contributed by atoms with Crippen LogP contribution in [0.3, 0.4) is 0 Å². The van der Waals surface area contributed by atoms with E-state index in [0.717, 1.165) is 38.8 Å². The van der Waals surface area contributed by atoms with Gasteiger partial charge in [0.1, 0.15) is 6.04 Å². The Bertz CT molecular complexity index is 649. The highest BCUT2D eigenvalue weighted by Crippen LogP contribution is 2.18. The number of aliphatic carboxylic acids is 1. The second-order valence-electron chi connectivity index (χ2n) is 7.44. The van der Waals surface area contributed by atoms with Gasteiger partial charge in [-0.1, -0.05) is 6.92 Å². The monoisotopic (exact) mass is 434 g/mol. The van der Waals surface area contributed by atoms with Crippen LogP contribution >= 0.6 is 0 Å². The number of carbonyl (C=O) groups is 3. The number of hydrogen-bond donors (Lipinski definition) is 5. The minimum absolute atomic E-state index is 0.235. The first-order valence-electron chi connectivity index (χ1n) is 10.1. The summed E-state index contributed by atoms with van der Waals surface area (Å²) in [6.07, 6.45) is 4.65. The van der Waals surface area contributed by atoms with Gasteiger partial charge in [-0.3, -0.25) is 14.4 Å². The topological polar surface area (TPSA) is 154 Å². The van der Waals surface area contributed by atoms with Gasteiger partial charge in [0, 0.05) is 13.0 Å². The van der Waals surface area contributed by atoms with Crippen LogP contribution in [-0.4, -0.2) is 68.8 Å². The number of hydrogen-bond acceptors (Lipinski definition) is 6. The van der Waals surface area contributed by atoms with Gasteiger partial charge in [0.25, 0.3) is 0 Å². The summed E-state index contributed by atoms with van der Waals surface area (Å²) >= 11 is 0. The number of carbonyl (C=O) groups excluding carboxylic acids is 2. The fourth-order valence-electron chi connectivity index (χ4n) is 2.98. The zero-order chi connectivity index (χ0) is 21.9. The van der Waals surface area contributed by atoms with Crippen molar-refractivity contribution in [2.45, 2.75) is 63.7 Å². The summed E-state index contributed by atoms with van der Waals surface area (Å²) in [6.45, 7) is 4.49. The predicted octanol–water partition coefficient (Wildman–Crippen LogP) is -0.440. The standard InChI is InChI=1S/C18H34N4O6S/c1-3-13(2)29(27,28)22-15(18(25)26)11-20-17(24)12-21-16(23)6-4-5-14-7-9-19-10-8-14/h13-15,19,22H,3-12H2,1-2H3,(H,20,24)(H,21,23)(H,25,26)/t13?,15-/m0/s1. The molecular weight excluding hydrogens is 400 g/mol. The van der Waals surface area contributed by atoms with E-state index in [4.69, 9.17) is 0 Å². The Morgan fingerprint density at radius 3 is 2.38 bits per heavy atom. The minimum Gasteiger partial charge on any atom is -0.480 e. The molecule has 1 saturated heterocycles. The molecule has 0 aromatic rings. The maximum atomic E-state index is 12.0. The average molecular weight is 435 g/mol. The lowest BCUT2D eigenvalue weighted by Gasteiger charge is -2.22. The highest BCUT2D eigenvalue weighted by molar-refractivity contribution is 7.90. The highest BCUT2D eigenvalue weighted by atomic mass is 32.2. The minimum atomic E-state index is -3.80. The largest absolute Gasteiger partial charge is 0.480 e. The third kappa shape index (κ3) is 10.0. The second-order valence-corrected chi connectivity index (χ2v) is 9.57. The van der Waals surface area contributed by atoms with E-state index in [9.17, 15) is 27.9 Å². The van der Waals surface area contributed by atoms with Crippen molar-refractivity contribution in [1.82, 2.24) is 20.7 Å². The molecular formula is C18H34N4O6S. The molecule has 1 aliphatic heterocycles. The van der Waals surface area contributed by atoms with Gasteiger partial charge in [0.2, 0.25) is 21.8 Å². The van der Waals surface area contributed by atoms with E-state index in [0.29, 0.717) is 18.8 Å². The van der Waals surface area contributed by atoms with E-state index >= 15 is 0 Å². The van der Waals surface area contributed by atoms with Gasteiger partial charge in [0.05, 0.1) is 11.8 Å². The molecule has 2 amide bonds. The lowest BCUT2D eigenvalue weighted by molar-refractivity contribution is -0.139. The van der Waals surface area contributed by atoms with Crippen molar-refractivity contribution in [2.75, 3.05) is 26.2 Å². The zero-order valence-electron chi connectivity index (χ0n) is 17.2. The van der Waals surface area contributed by atoms with Crippen LogP contribution < -0.4 is 20.7 Å². The summed E-state index contributed by atoms with van der Waals surface area (Å²) in [6, 6.07) is -1.47. The maximum absolute atomic E-state index is 12.0. The number of amides is 2. The van der Waals surface area contributed by atoms with Crippen molar-refractivity contribution in [3.8, 4) is 0 Å². The summed E-state index contributed by atoms with van der Waals surface area (Å²) in [4.78, 5) is 35.0. The molecule has 5 N–H and O–H groups in total. The van der Waals surface area contributed by atoms with Crippen molar-refractivity contribution in [3.05, 3.63) is 0 Å². The molecule has 0 spiro atoms. The fraction of sp³-hybridized carbons (Fsp3) is 0.833. The van der Waals surface area contributed by atoms with Crippen LogP contribution in [0.1, 0.15) is 52.4 Å². The summed E-state index contributed by atoms with van der Waals surface area (Å²) in [7, 11) is -3.80. The van der Waals surface area contributed by atoms with Crippen LogP contribution in [0.5, 0.6) is 0 Å². The SMILES string of the molecule is CCC(C)S(=O)(=O)N[C@@H](CNC(=O)CNC(=O)CCCC1CCNCC1)C(=O)O. The van der Waals surface area contributed by atoms with Crippen LogP contribution in [0.15, 0.2) is 0 Å². The van der Waals surface area contributed by atoms with Crippen molar-refractivity contribution in [2.24, 2.45) is 5.92 Å². The number of rotatable bonds is 13. The molecule has 0 radical (unpaired) electrons. The van der Waals surface area contributed by atoms with Crippen LogP contribution in [0.4, 0.5) is 0 Å². The molecule has 0 bridgehead atoms. The third-order valence-electron chi connectivity index (χ3n) is 5.13. The van der Waals surface area contributed by atoms with Crippen molar-refractivity contribution in [3.63, 3.8) is 0 Å². The summed E-state index contributed by atoms with van der Waals surface area (Å²) in [5, 5.41) is 16.6. The van der Waals surface area contributed by atoms with E-state index in [1.165, 1.54) is 6.92 Å². The molecule has 168 valence electrons. The molecule has 10 nitrogen and oxygen atoms in total. The normalized spacial score (nSPS) is 17.3. The highest BCUT2D eigenvalue weighted by Gasteiger charge is 2.27. The van der Waals surface area contributed by atoms with Crippen LogP contribution in [-0.2, 0) is 24.4 Å². The summed E-state index contributed by atoms with van der Waals surface area (Å²) in [5.41, 5.74) is 0. The summed E-state index contributed by atoms with van der Waals surface area (Å²) < 4.78 is 26.1. The van der Waals surface area contributed by atoms with E-state index in [1.807, 2.05) is 0 Å². The Hall–Kier alpha value is -1.72. The molecule has 1 rings (SSSR count). The lowest BCUT2D eigenvalue weighted by atomic mass is 9.92. The van der Waals surface area contributed by atoms with Crippen LogP contribution in [0, 0.1) is 5.92 Å². The van der Waals surface area contributed by atoms with Gasteiger partial charge in [-0.05, 0) is 58.0 Å². The molecule has 1 fully saturated rings. The van der Waals surface area contributed by atoms with Crippen molar-refractivity contribution >= 4 is 27.8 Å². The molecule has 1 aliphatic rings. The van der Waals surface area contributed by atoms with Crippen molar-refractivity contribution in [1.29, 1.82) is 0 Å². The molecule has 11 heteroatoms. The number of nitrogens with one attached hydrogen (secondary N) is 4. The number of sulfonamides is 1. The van der Waals surface area contributed by atoms with Gasteiger partial charge < -0.3 is 21.1 Å². The molecule has 1 unspecified atom stereocenters. The Labute approximate surface area is 172 Å². The first kappa shape index (κ1) is 25.3. The molecule has 29 heavy (non-hydrogen) atoms. The Morgan fingerprint density at radius 1 is 1.14 bits per heavy atom. The molecule has 0 aromatic heterocycles. The Balaban J connectivity index is 2.29. The lowest BCUT2D eigenvalue weighted by Crippen LogP contribution is -2.51. The van der Waals surface area contributed by atoms with E-state index in [1.54, 1.807) is 6.92 Å². The van der Waals surface area contributed by atoms with Gasteiger partial charge >= 0.3 is 5.97 Å². The maximum Gasteiger partial charge on any atom is 0.323 e. The molecule has 0 aromatic carbocycles. The smallest absolute Gasteiger partial charge is 0.323 e. The molecule has 0 aliphatic carbocycles. The van der Waals surface area contributed by atoms with Crippen LogP contribution in [0.25, 0.3) is 0 Å². The first-order chi connectivity index (χ1) is 13.7. The number of piperidine rings is 1. The summed E-state index contributed by atoms with van der Waals surface area (Å²) in [5.74, 6) is -1.56. The Kier molecular flexibility index (Phi) is 11.1. The average Bonchev–Trinajstić information content (AvgIpc) is 2.69. The molecule has 1 heterocycles. The first-order valence-corrected chi connectivity index (χ1v) is 11.7. The van der Waals surface area contributed by atoms with E-state index in [-0.39, 0.29) is 12.5 Å². The van der Waals surface area contributed by atoms with Crippen LogP contribution in [0.2, 0.25) is 0 Å². The predicted molar refractivity (Wildman–Crippen MR) is 109 cm³/mol. The molecule has 2 atom stereocenters. The van der Waals surface area contributed by atoms with Crippen molar-refractivity contribution < 1.29 is 27.9 Å². The van der Waals surface area contributed by atoms with E-state index in [2.05, 4.69) is 20.7 Å². The molecule has 0 saturated carbocycles. The third-order valence-corrected chi connectivity index (χ3v) is 7.14. The second kappa shape index (κ2) is 12.8. The number of carboxylic acids is 1. The fourth-order valence-corrected chi connectivity index (χ4v) is 4.23. The van der Waals surface area contributed by atoms with Gasteiger partial charge in [-0.25, -0.2) is 8.42 Å². The van der Waals surface area contributed by atoms with E-state index < -0.39 is 39.7 Å². The number of carboxylic acid groups (broad SMARTS) is 1. The van der Waals surface area contributed by atoms with Gasteiger partial charge in [-0.2, -0.15) is 4.72 Å². The quantitative estimate of drug-likeness (QED) is 0.263.